The van der Waals surface area contributed by atoms with Gasteiger partial charge < -0.3 is 10.6 Å². The molecule has 33 heavy (non-hydrogen) atoms. The van der Waals surface area contributed by atoms with Crippen LogP contribution in [0.2, 0.25) is 0 Å². The number of hydrogen-bond donors (Lipinski definition) is 1. The zero-order valence-corrected chi connectivity index (χ0v) is 19.7. The van der Waals surface area contributed by atoms with Crippen molar-refractivity contribution in [1.29, 1.82) is 0 Å². The van der Waals surface area contributed by atoms with E-state index in [1.165, 1.54) is 11.3 Å². The van der Waals surface area contributed by atoms with Gasteiger partial charge in [-0.2, -0.15) is 5.10 Å². The van der Waals surface area contributed by atoms with Crippen molar-refractivity contribution in [2.24, 2.45) is 16.1 Å². The molecule has 4 aromatic heterocycles. The van der Waals surface area contributed by atoms with E-state index in [4.69, 9.17) is 10.7 Å². The van der Waals surface area contributed by atoms with Crippen molar-refractivity contribution in [2.75, 3.05) is 25.0 Å². The molecule has 0 aromatic carbocycles. The molecule has 2 aliphatic rings. The Bertz CT molecular complexity index is 1360. The zero-order chi connectivity index (χ0) is 22.6. The highest BCUT2D eigenvalue weighted by Gasteiger charge is 2.46. The molecule has 5 heterocycles. The second-order valence-electron chi connectivity index (χ2n) is 9.13. The van der Waals surface area contributed by atoms with Crippen LogP contribution in [0.15, 0.2) is 47.7 Å². The molecule has 1 atom stereocenters. The molecule has 1 spiro atoms. The number of pyridine rings is 1. The number of hydrogen-bond acceptors (Lipinski definition) is 7. The Balaban J connectivity index is 1.31. The van der Waals surface area contributed by atoms with Gasteiger partial charge in [-0.25, -0.2) is 9.50 Å². The maximum atomic E-state index is 6.75. The SMILES string of the molecule is C/N=C/c1ccc(-c2c(C)nc(N3CCC4(CC3)Cc3ncccc3[C@H]4N)c3ccnn23)s1. The van der Waals surface area contributed by atoms with Crippen molar-refractivity contribution in [3.63, 3.8) is 0 Å². The van der Waals surface area contributed by atoms with Gasteiger partial charge >= 0.3 is 0 Å². The standard InChI is InChI=1S/C25H27N7S/c1-16-22(21-6-5-17(33-21)15-27-2)32-20(7-11-29-32)24(30-16)31-12-8-25(9-13-31)14-19-18(23(25)26)4-3-10-28-19/h3-7,10-11,15,23H,8-9,12-14,26H2,1-2H3/b27-15+/t23-/m1/s1. The van der Waals surface area contributed by atoms with Gasteiger partial charge in [0, 0.05) is 49.2 Å². The average molecular weight is 458 g/mol. The number of fused-ring (bicyclic) bond motifs is 2. The minimum atomic E-state index is 0.0649. The third-order valence-electron chi connectivity index (χ3n) is 7.31. The van der Waals surface area contributed by atoms with E-state index in [2.05, 4.69) is 51.2 Å². The number of thiophene rings is 1. The Morgan fingerprint density at radius 1 is 1.18 bits per heavy atom. The number of anilines is 1. The third kappa shape index (κ3) is 3.20. The summed E-state index contributed by atoms with van der Waals surface area (Å²) in [5, 5.41) is 4.67. The predicted octanol–water partition coefficient (Wildman–Crippen LogP) is 4.05. The van der Waals surface area contributed by atoms with E-state index in [0.717, 1.165) is 64.8 Å². The van der Waals surface area contributed by atoms with Crippen LogP contribution in [0.3, 0.4) is 0 Å². The molecular formula is C25H27N7S. The summed E-state index contributed by atoms with van der Waals surface area (Å²) < 4.78 is 2.04. The van der Waals surface area contributed by atoms with Gasteiger partial charge in [0.15, 0.2) is 5.82 Å². The van der Waals surface area contributed by atoms with E-state index in [1.807, 2.05) is 29.2 Å². The molecular weight excluding hydrogens is 430 g/mol. The fourth-order valence-electron chi connectivity index (χ4n) is 5.57. The van der Waals surface area contributed by atoms with Gasteiger partial charge in [-0.15, -0.1) is 11.3 Å². The van der Waals surface area contributed by atoms with Gasteiger partial charge in [0.1, 0.15) is 11.2 Å². The molecule has 0 radical (unpaired) electrons. The highest BCUT2D eigenvalue weighted by atomic mass is 32.1. The van der Waals surface area contributed by atoms with Crippen LogP contribution in [0.25, 0.3) is 16.1 Å². The lowest BCUT2D eigenvalue weighted by molar-refractivity contribution is 0.187. The molecule has 1 aliphatic carbocycles. The fraction of sp³-hybridized carbons (Fsp3) is 0.360. The first-order valence-electron chi connectivity index (χ1n) is 11.4. The van der Waals surface area contributed by atoms with Crippen molar-refractivity contribution in [3.8, 4) is 10.6 Å². The van der Waals surface area contributed by atoms with E-state index in [0.29, 0.717) is 0 Å². The summed E-state index contributed by atoms with van der Waals surface area (Å²) in [6.07, 6.45) is 8.70. The van der Waals surface area contributed by atoms with Crippen molar-refractivity contribution in [3.05, 3.63) is 64.6 Å². The first-order chi connectivity index (χ1) is 16.1. The minimum absolute atomic E-state index is 0.0649. The summed E-state index contributed by atoms with van der Waals surface area (Å²) in [4.78, 5) is 18.5. The van der Waals surface area contributed by atoms with Crippen LogP contribution in [0, 0.1) is 12.3 Å². The largest absolute Gasteiger partial charge is 0.355 e. The summed E-state index contributed by atoms with van der Waals surface area (Å²) in [5.41, 5.74) is 12.3. The van der Waals surface area contributed by atoms with E-state index < -0.39 is 0 Å². The third-order valence-corrected chi connectivity index (χ3v) is 8.34. The number of nitrogens with two attached hydrogens (primary N) is 1. The fourth-order valence-corrected chi connectivity index (χ4v) is 6.59. The summed E-state index contributed by atoms with van der Waals surface area (Å²) in [5.74, 6) is 1.01. The number of aliphatic imine (C=N–C) groups is 1. The molecule has 0 unspecified atom stereocenters. The van der Waals surface area contributed by atoms with Crippen LogP contribution in [-0.4, -0.2) is 45.9 Å². The lowest BCUT2D eigenvalue weighted by atomic mass is 9.73. The maximum Gasteiger partial charge on any atom is 0.155 e. The van der Waals surface area contributed by atoms with Crippen LogP contribution in [-0.2, 0) is 6.42 Å². The van der Waals surface area contributed by atoms with Crippen LogP contribution < -0.4 is 10.6 Å². The van der Waals surface area contributed by atoms with E-state index in [1.54, 1.807) is 18.4 Å². The molecule has 2 N–H and O–H groups in total. The average Bonchev–Trinajstić information content (AvgIpc) is 3.54. The topological polar surface area (TPSA) is 84.7 Å². The highest BCUT2D eigenvalue weighted by molar-refractivity contribution is 7.17. The minimum Gasteiger partial charge on any atom is -0.355 e. The Kier molecular flexibility index (Phi) is 4.81. The summed E-state index contributed by atoms with van der Waals surface area (Å²) in [6, 6.07) is 10.5. The molecule has 0 amide bonds. The van der Waals surface area contributed by atoms with Crippen LogP contribution in [0.5, 0.6) is 0 Å². The number of piperidine rings is 1. The van der Waals surface area contributed by atoms with Crippen molar-refractivity contribution >= 4 is 28.9 Å². The van der Waals surface area contributed by atoms with Gasteiger partial charge in [0.25, 0.3) is 0 Å². The molecule has 6 rings (SSSR count). The van der Waals surface area contributed by atoms with E-state index in [9.17, 15) is 0 Å². The maximum absolute atomic E-state index is 6.75. The van der Waals surface area contributed by atoms with Gasteiger partial charge in [-0.05, 0) is 61.4 Å². The summed E-state index contributed by atoms with van der Waals surface area (Å²) >= 11 is 1.71. The molecule has 1 fully saturated rings. The molecule has 8 heteroatoms. The Morgan fingerprint density at radius 2 is 2.03 bits per heavy atom. The highest BCUT2D eigenvalue weighted by Crippen LogP contribution is 2.50. The van der Waals surface area contributed by atoms with E-state index in [-0.39, 0.29) is 11.5 Å². The lowest BCUT2D eigenvalue weighted by Crippen LogP contribution is -2.44. The van der Waals surface area contributed by atoms with Crippen LogP contribution in [0.1, 0.15) is 40.7 Å². The van der Waals surface area contributed by atoms with Gasteiger partial charge in [0.2, 0.25) is 0 Å². The first kappa shape index (κ1) is 20.5. The number of aryl methyl sites for hydroxylation is 1. The second-order valence-corrected chi connectivity index (χ2v) is 10.2. The van der Waals surface area contributed by atoms with Crippen molar-refractivity contribution in [2.45, 2.75) is 32.2 Å². The zero-order valence-electron chi connectivity index (χ0n) is 18.9. The molecule has 4 aromatic rings. The molecule has 7 nitrogen and oxygen atoms in total. The molecule has 1 aliphatic heterocycles. The molecule has 1 saturated heterocycles. The Hall–Kier alpha value is -3.10. The predicted molar refractivity (Wildman–Crippen MR) is 133 cm³/mol. The van der Waals surface area contributed by atoms with Crippen LogP contribution in [0.4, 0.5) is 5.82 Å². The monoisotopic (exact) mass is 457 g/mol. The van der Waals surface area contributed by atoms with E-state index >= 15 is 0 Å². The number of aromatic nitrogens is 4. The van der Waals surface area contributed by atoms with Gasteiger partial charge in [-0.3, -0.25) is 9.98 Å². The lowest BCUT2D eigenvalue weighted by Gasteiger charge is -2.42. The van der Waals surface area contributed by atoms with Crippen molar-refractivity contribution < 1.29 is 0 Å². The summed E-state index contributed by atoms with van der Waals surface area (Å²) in [6.45, 7) is 3.95. The normalized spacial score (nSPS) is 19.7. The Morgan fingerprint density at radius 3 is 2.82 bits per heavy atom. The number of rotatable bonds is 3. The quantitative estimate of drug-likeness (QED) is 0.469. The molecule has 168 valence electrons. The molecule has 0 bridgehead atoms. The smallest absolute Gasteiger partial charge is 0.155 e. The molecule has 0 saturated carbocycles. The van der Waals surface area contributed by atoms with Gasteiger partial charge in [-0.1, -0.05) is 6.07 Å². The second kappa shape index (κ2) is 7.74. The van der Waals surface area contributed by atoms with Crippen molar-refractivity contribution in [1.82, 2.24) is 19.6 Å². The van der Waals surface area contributed by atoms with Gasteiger partial charge in [0.05, 0.1) is 16.8 Å². The first-order valence-corrected chi connectivity index (χ1v) is 12.2. The summed E-state index contributed by atoms with van der Waals surface area (Å²) in [7, 11) is 1.79. The Labute approximate surface area is 197 Å². The number of nitrogens with zero attached hydrogens (tertiary/aromatic N) is 6. The van der Waals surface area contributed by atoms with Crippen LogP contribution >= 0.6 is 11.3 Å².